The second-order valence-electron chi connectivity index (χ2n) is 6.02. The maximum atomic E-state index is 14.0. The first kappa shape index (κ1) is 24.5. The first-order chi connectivity index (χ1) is 13.9. The molecule has 0 saturated heterocycles. The van der Waals surface area contributed by atoms with Gasteiger partial charge in [-0.3, -0.25) is 4.79 Å². The van der Waals surface area contributed by atoms with E-state index in [1.807, 2.05) is 0 Å². The Morgan fingerprint density at radius 3 is 1.81 bits per heavy atom. The van der Waals surface area contributed by atoms with E-state index < -0.39 is 63.7 Å². The summed E-state index contributed by atoms with van der Waals surface area (Å²) < 4.78 is 106. The first-order valence-electron chi connectivity index (χ1n) is 7.88. The number of carbonyl (C=O) groups excluding carboxylic acids is 1. The van der Waals surface area contributed by atoms with Crippen molar-refractivity contribution in [1.29, 1.82) is 0 Å². The minimum Gasteiger partial charge on any atom is -0.493 e. The van der Waals surface area contributed by atoms with E-state index in [2.05, 4.69) is 5.10 Å². The first-order valence-corrected chi connectivity index (χ1v) is 7.88. The van der Waals surface area contributed by atoms with Gasteiger partial charge in [-0.1, -0.05) is 12.1 Å². The molecule has 0 aliphatic carbocycles. The minimum atomic E-state index is -4.67. The largest absolute Gasteiger partial charge is 0.493 e. The van der Waals surface area contributed by atoms with Gasteiger partial charge in [0.1, 0.15) is 11.3 Å². The summed E-state index contributed by atoms with van der Waals surface area (Å²) in [5.74, 6) is -14.0. The van der Waals surface area contributed by atoms with Crippen molar-refractivity contribution < 1.29 is 64.5 Å². The van der Waals surface area contributed by atoms with Crippen LogP contribution in [0.25, 0.3) is 5.69 Å². The fourth-order valence-electron chi connectivity index (χ4n) is 2.67. The quantitative estimate of drug-likeness (QED) is 0.184. The zero-order valence-electron chi connectivity index (χ0n) is 15.3. The third-order valence-electron chi connectivity index (χ3n) is 4.14. The van der Waals surface area contributed by atoms with Crippen LogP contribution in [0, 0.1) is 36.0 Å². The van der Waals surface area contributed by atoms with Crippen LogP contribution in [-0.4, -0.2) is 20.7 Å². The molecule has 0 atom stereocenters. The van der Waals surface area contributed by atoms with Crippen LogP contribution in [0.1, 0.15) is 27.2 Å². The van der Waals surface area contributed by atoms with Crippen molar-refractivity contribution in [3.63, 3.8) is 0 Å². The van der Waals surface area contributed by atoms with Crippen LogP contribution in [-0.2, 0) is 25.7 Å². The van der Waals surface area contributed by atoms with E-state index in [1.54, 1.807) is 0 Å². The van der Waals surface area contributed by atoms with E-state index in [4.69, 9.17) is 0 Å². The molecule has 1 N–H and O–H groups in total. The van der Waals surface area contributed by atoms with Gasteiger partial charge in [0.15, 0.2) is 29.1 Å². The standard InChI is InChI=1S/C18H8F8N2O2.Zn/c1-6-9(16(29)7-2-4-8(5-3-7)18(24,25)26)17(30)28(27-6)15-13(22)11(20)10(19)12(21)14(15)23;/h2-5,30H,1H3;. The van der Waals surface area contributed by atoms with Gasteiger partial charge in [-0.05, 0) is 19.1 Å². The van der Waals surface area contributed by atoms with Gasteiger partial charge in [0.05, 0.1) is 11.3 Å². The van der Waals surface area contributed by atoms with E-state index in [-0.39, 0.29) is 35.4 Å². The monoisotopic (exact) mass is 500 g/mol. The van der Waals surface area contributed by atoms with Crippen LogP contribution in [0.3, 0.4) is 0 Å². The second-order valence-corrected chi connectivity index (χ2v) is 6.02. The number of hydrogen-bond donors (Lipinski definition) is 1. The fourth-order valence-corrected chi connectivity index (χ4v) is 2.67. The summed E-state index contributed by atoms with van der Waals surface area (Å²) in [6, 6.07) is 2.77. The van der Waals surface area contributed by atoms with Crippen LogP contribution in [0.5, 0.6) is 5.88 Å². The summed E-state index contributed by atoms with van der Waals surface area (Å²) in [5.41, 5.74) is -4.10. The van der Waals surface area contributed by atoms with Crippen LogP contribution in [0.4, 0.5) is 35.1 Å². The minimum absolute atomic E-state index is 0. The Kier molecular flexibility index (Phi) is 6.60. The molecule has 0 amide bonds. The molecular formula is C18H8F8N2O2Zn. The van der Waals surface area contributed by atoms with Crippen molar-refractivity contribution >= 4 is 5.78 Å². The number of aryl methyl sites for hydroxylation is 1. The average Bonchev–Trinajstić information content (AvgIpc) is 2.98. The van der Waals surface area contributed by atoms with E-state index in [0.29, 0.717) is 12.1 Å². The van der Waals surface area contributed by atoms with Crippen molar-refractivity contribution in [1.82, 2.24) is 9.78 Å². The zero-order valence-corrected chi connectivity index (χ0v) is 18.3. The maximum Gasteiger partial charge on any atom is 0.416 e. The predicted octanol–water partition coefficient (Wildman–Crippen LogP) is 4.83. The SMILES string of the molecule is Cc1nn(-c2c(F)c(F)c(F)c(F)c2F)c(O)c1C(=O)c1ccc(C(F)(F)F)cc1.[Zn]. The van der Waals surface area contributed by atoms with E-state index >= 15 is 0 Å². The molecule has 0 fully saturated rings. The Labute approximate surface area is 180 Å². The molecule has 3 rings (SSSR count). The zero-order chi connectivity index (χ0) is 22.5. The summed E-state index contributed by atoms with van der Waals surface area (Å²) in [7, 11) is 0. The summed E-state index contributed by atoms with van der Waals surface area (Å²) in [5, 5.41) is 13.7. The molecule has 2 aromatic carbocycles. The molecule has 13 heteroatoms. The maximum absolute atomic E-state index is 14.0. The van der Waals surface area contributed by atoms with Gasteiger partial charge in [0.2, 0.25) is 11.7 Å². The van der Waals surface area contributed by atoms with Crippen molar-refractivity contribution in [2.45, 2.75) is 13.1 Å². The number of hydrogen-bond acceptors (Lipinski definition) is 3. The van der Waals surface area contributed by atoms with E-state index in [1.165, 1.54) is 0 Å². The molecule has 0 spiro atoms. The molecule has 0 aliphatic rings. The number of halogens is 8. The summed E-state index contributed by atoms with van der Waals surface area (Å²) in [6.45, 7) is 1.08. The van der Waals surface area contributed by atoms with Crippen LogP contribution >= 0.6 is 0 Å². The Morgan fingerprint density at radius 2 is 1.35 bits per heavy atom. The topological polar surface area (TPSA) is 55.1 Å². The van der Waals surface area contributed by atoms with Gasteiger partial charge in [-0.25, -0.2) is 22.0 Å². The van der Waals surface area contributed by atoms with Crippen LogP contribution in [0.2, 0.25) is 0 Å². The Bertz CT molecular complexity index is 1140. The second kappa shape index (κ2) is 8.37. The molecule has 0 bridgehead atoms. The Balaban J connectivity index is 0.00000341. The molecule has 1 aromatic heterocycles. The fraction of sp³-hybridized carbons (Fsp3) is 0.111. The van der Waals surface area contributed by atoms with Gasteiger partial charge in [0, 0.05) is 25.0 Å². The molecule has 160 valence electrons. The molecule has 0 saturated carbocycles. The third-order valence-corrected chi connectivity index (χ3v) is 4.14. The summed E-state index contributed by atoms with van der Waals surface area (Å²) in [6.07, 6.45) is -4.67. The van der Waals surface area contributed by atoms with Gasteiger partial charge >= 0.3 is 6.18 Å². The summed E-state index contributed by atoms with van der Waals surface area (Å²) in [4.78, 5) is 12.6. The number of benzene rings is 2. The van der Waals surface area contributed by atoms with E-state index in [0.717, 1.165) is 19.1 Å². The average molecular weight is 502 g/mol. The van der Waals surface area contributed by atoms with Crippen molar-refractivity contribution in [2.75, 3.05) is 0 Å². The number of rotatable bonds is 3. The van der Waals surface area contributed by atoms with Gasteiger partial charge in [0.25, 0.3) is 0 Å². The molecular weight excluding hydrogens is 494 g/mol. The molecule has 31 heavy (non-hydrogen) atoms. The molecule has 0 radical (unpaired) electrons. The normalized spacial score (nSPS) is 11.4. The van der Waals surface area contributed by atoms with Crippen molar-refractivity contribution in [2.24, 2.45) is 0 Å². The summed E-state index contributed by atoms with van der Waals surface area (Å²) >= 11 is 0. The number of nitrogens with zero attached hydrogens (tertiary/aromatic N) is 2. The molecule has 0 aliphatic heterocycles. The number of ketones is 1. The van der Waals surface area contributed by atoms with Gasteiger partial charge < -0.3 is 5.11 Å². The number of carbonyl (C=O) groups is 1. The van der Waals surface area contributed by atoms with Gasteiger partial charge in [-0.15, -0.1) is 0 Å². The predicted molar refractivity (Wildman–Crippen MR) is 84.6 cm³/mol. The molecule has 0 unspecified atom stereocenters. The van der Waals surface area contributed by atoms with E-state index in [9.17, 15) is 45.0 Å². The molecule has 4 nitrogen and oxygen atoms in total. The van der Waals surface area contributed by atoms with Crippen LogP contribution < -0.4 is 0 Å². The van der Waals surface area contributed by atoms with Crippen molar-refractivity contribution in [3.8, 4) is 11.6 Å². The Hall–Kier alpha value is -2.82. The molecule has 3 aromatic rings. The number of aromatic nitrogens is 2. The van der Waals surface area contributed by atoms with Crippen molar-refractivity contribution in [3.05, 3.63) is 75.7 Å². The number of alkyl halides is 3. The smallest absolute Gasteiger partial charge is 0.416 e. The third kappa shape index (κ3) is 4.06. The Morgan fingerprint density at radius 1 is 0.903 bits per heavy atom. The molecule has 1 heterocycles. The number of aromatic hydroxyl groups is 1. The van der Waals surface area contributed by atoms with Gasteiger partial charge in [-0.2, -0.15) is 23.0 Å². The van der Waals surface area contributed by atoms with Crippen LogP contribution in [0.15, 0.2) is 24.3 Å².